The van der Waals surface area contributed by atoms with Gasteiger partial charge in [-0.2, -0.15) is 11.8 Å². The topological polar surface area (TPSA) is 50.3 Å². The Hall–Kier alpha value is -1.79. The van der Waals surface area contributed by atoms with Gasteiger partial charge in [0, 0.05) is 36.4 Å². The SMILES string of the molecule is CSC1(c2cc(N3CCOCC3)nc(-c3ccc(NC4CCC4)cc3)n2)CC1. The third-order valence-corrected chi connectivity index (χ3v) is 7.63. The lowest BCUT2D eigenvalue weighted by Gasteiger charge is -2.29. The third-order valence-electron chi connectivity index (χ3n) is 6.23. The highest BCUT2D eigenvalue weighted by atomic mass is 32.2. The molecule has 1 aromatic heterocycles. The molecule has 1 aromatic carbocycles. The summed E-state index contributed by atoms with van der Waals surface area (Å²) in [4.78, 5) is 12.3. The van der Waals surface area contributed by atoms with Gasteiger partial charge in [0.1, 0.15) is 5.82 Å². The second kappa shape index (κ2) is 7.56. The van der Waals surface area contributed by atoms with Crippen molar-refractivity contribution in [2.24, 2.45) is 0 Å². The van der Waals surface area contributed by atoms with Crippen molar-refractivity contribution in [1.82, 2.24) is 9.97 Å². The maximum absolute atomic E-state index is 5.53. The molecule has 2 heterocycles. The Morgan fingerprint density at radius 3 is 2.46 bits per heavy atom. The molecule has 5 rings (SSSR count). The Bertz CT molecular complexity index is 827. The lowest BCUT2D eigenvalue weighted by atomic mass is 9.93. The molecule has 148 valence electrons. The Labute approximate surface area is 171 Å². The molecule has 2 aliphatic carbocycles. The van der Waals surface area contributed by atoms with Gasteiger partial charge in [0.05, 0.1) is 23.7 Å². The number of nitrogens with one attached hydrogen (secondary N) is 1. The summed E-state index contributed by atoms with van der Waals surface area (Å²) in [7, 11) is 0. The number of ether oxygens (including phenoxy) is 1. The zero-order valence-corrected chi connectivity index (χ0v) is 17.3. The van der Waals surface area contributed by atoms with E-state index in [2.05, 4.69) is 46.8 Å². The number of thioether (sulfide) groups is 1. The summed E-state index contributed by atoms with van der Waals surface area (Å²) >= 11 is 1.93. The summed E-state index contributed by atoms with van der Waals surface area (Å²) in [6.07, 6.45) is 8.52. The molecular weight excluding hydrogens is 368 g/mol. The number of nitrogens with zero attached hydrogens (tertiary/aromatic N) is 3. The largest absolute Gasteiger partial charge is 0.382 e. The van der Waals surface area contributed by atoms with Crippen LogP contribution in [0.2, 0.25) is 0 Å². The van der Waals surface area contributed by atoms with Crippen molar-refractivity contribution in [3.63, 3.8) is 0 Å². The Balaban J connectivity index is 1.46. The first-order valence-corrected chi connectivity index (χ1v) is 11.6. The van der Waals surface area contributed by atoms with E-state index in [4.69, 9.17) is 14.7 Å². The van der Waals surface area contributed by atoms with E-state index in [9.17, 15) is 0 Å². The van der Waals surface area contributed by atoms with E-state index < -0.39 is 0 Å². The van der Waals surface area contributed by atoms with Gasteiger partial charge in [-0.3, -0.25) is 0 Å². The molecule has 2 aromatic rings. The highest BCUT2D eigenvalue weighted by Crippen LogP contribution is 2.55. The zero-order valence-electron chi connectivity index (χ0n) is 16.5. The van der Waals surface area contributed by atoms with Crippen LogP contribution in [0.4, 0.5) is 11.5 Å². The van der Waals surface area contributed by atoms with Gasteiger partial charge in [0.25, 0.3) is 0 Å². The van der Waals surface area contributed by atoms with Crippen LogP contribution in [0.1, 0.15) is 37.8 Å². The molecule has 0 bridgehead atoms. The van der Waals surface area contributed by atoms with Gasteiger partial charge in [0.2, 0.25) is 0 Å². The smallest absolute Gasteiger partial charge is 0.161 e. The number of morpholine rings is 1. The first-order valence-electron chi connectivity index (χ1n) is 10.4. The van der Waals surface area contributed by atoms with Gasteiger partial charge in [0.15, 0.2) is 5.82 Å². The van der Waals surface area contributed by atoms with Crippen molar-refractivity contribution >= 4 is 23.3 Å². The van der Waals surface area contributed by atoms with Crippen LogP contribution >= 0.6 is 11.8 Å². The molecule has 0 unspecified atom stereocenters. The lowest BCUT2D eigenvalue weighted by molar-refractivity contribution is 0.122. The van der Waals surface area contributed by atoms with Crippen LogP contribution < -0.4 is 10.2 Å². The number of aromatic nitrogens is 2. The third kappa shape index (κ3) is 3.60. The van der Waals surface area contributed by atoms with Gasteiger partial charge in [-0.05, 0) is 62.6 Å². The van der Waals surface area contributed by atoms with E-state index in [1.807, 2.05) is 11.8 Å². The van der Waals surface area contributed by atoms with Crippen LogP contribution in [0.5, 0.6) is 0 Å². The first-order chi connectivity index (χ1) is 13.8. The predicted molar refractivity (Wildman–Crippen MR) is 116 cm³/mol. The Kier molecular flexibility index (Phi) is 4.93. The average Bonchev–Trinajstić information content (AvgIpc) is 3.53. The highest BCUT2D eigenvalue weighted by Gasteiger charge is 2.45. The Morgan fingerprint density at radius 1 is 1.11 bits per heavy atom. The summed E-state index contributed by atoms with van der Waals surface area (Å²) in [6.45, 7) is 3.33. The molecule has 0 radical (unpaired) electrons. The number of rotatable bonds is 6. The van der Waals surface area contributed by atoms with Crippen LogP contribution in [-0.2, 0) is 9.48 Å². The van der Waals surface area contributed by atoms with Crippen molar-refractivity contribution < 1.29 is 4.74 Å². The van der Waals surface area contributed by atoms with Gasteiger partial charge in [-0.15, -0.1) is 0 Å². The molecule has 1 aliphatic heterocycles. The first kappa shape index (κ1) is 18.3. The van der Waals surface area contributed by atoms with Crippen LogP contribution in [-0.4, -0.2) is 48.6 Å². The van der Waals surface area contributed by atoms with Gasteiger partial charge >= 0.3 is 0 Å². The molecule has 1 saturated heterocycles. The summed E-state index contributed by atoms with van der Waals surface area (Å²) in [5, 5.41) is 3.61. The van der Waals surface area contributed by atoms with E-state index in [-0.39, 0.29) is 4.75 Å². The van der Waals surface area contributed by atoms with Crippen LogP contribution in [0.15, 0.2) is 30.3 Å². The normalized spacial score (nSPS) is 21.2. The second-order valence-electron chi connectivity index (χ2n) is 8.08. The molecule has 0 amide bonds. The lowest BCUT2D eigenvalue weighted by Crippen LogP contribution is -2.37. The van der Waals surface area contributed by atoms with Crippen molar-refractivity contribution in [3.05, 3.63) is 36.0 Å². The van der Waals surface area contributed by atoms with Crippen LogP contribution in [0, 0.1) is 0 Å². The highest BCUT2D eigenvalue weighted by molar-refractivity contribution is 7.99. The van der Waals surface area contributed by atoms with E-state index in [0.717, 1.165) is 43.5 Å². The van der Waals surface area contributed by atoms with Crippen LogP contribution in [0.3, 0.4) is 0 Å². The molecule has 5 nitrogen and oxygen atoms in total. The van der Waals surface area contributed by atoms with Crippen LogP contribution in [0.25, 0.3) is 11.4 Å². The molecule has 1 N–H and O–H groups in total. The average molecular weight is 397 g/mol. The quantitative estimate of drug-likeness (QED) is 0.786. The Morgan fingerprint density at radius 2 is 1.86 bits per heavy atom. The fraction of sp³-hybridized carbons (Fsp3) is 0.545. The monoisotopic (exact) mass is 396 g/mol. The van der Waals surface area contributed by atoms with Gasteiger partial charge in [-0.1, -0.05) is 0 Å². The fourth-order valence-corrected chi connectivity index (χ4v) is 4.76. The second-order valence-corrected chi connectivity index (χ2v) is 9.27. The summed E-state index contributed by atoms with van der Waals surface area (Å²) in [6, 6.07) is 11.5. The minimum Gasteiger partial charge on any atom is -0.382 e. The molecule has 28 heavy (non-hydrogen) atoms. The maximum atomic E-state index is 5.53. The van der Waals surface area contributed by atoms with Crippen molar-refractivity contribution in [2.75, 3.05) is 42.8 Å². The molecule has 3 aliphatic rings. The van der Waals surface area contributed by atoms with Gasteiger partial charge < -0.3 is 15.0 Å². The number of hydrogen-bond donors (Lipinski definition) is 1. The van der Waals surface area contributed by atoms with Crippen molar-refractivity contribution in [3.8, 4) is 11.4 Å². The fourth-order valence-electron chi connectivity index (χ4n) is 3.93. The standard InChI is InChI=1S/C22H28N4OS/c1-28-22(9-10-22)19-15-20(26-11-13-27-14-12-26)25-21(24-19)16-5-7-18(8-6-16)23-17-3-2-4-17/h5-8,15,17,23H,2-4,9-14H2,1H3. The minimum absolute atomic E-state index is 0.185. The predicted octanol–water partition coefficient (Wildman–Crippen LogP) is 4.30. The van der Waals surface area contributed by atoms with E-state index in [0.29, 0.717) is 6.04 Å². The molecule has 2 saturated carbocycles. The molecule has 0 spiro atoms. The summed E-state index contributed by atoms with van der Waals surface area (Å²) in [5.74, 6) is 1.88. The van der Waals surface area contributed by atoms with Gasteiger partial charge in [-0.25, -0.2) is 9.97 Å². The molecule has 3 fully saturated rings. The van der Waals surface area contributed by atoms with E-state index in [1.54, 1.807) is 0 Å². The molecule has 0 atom stereocenters. The summed E-state index contributed by atoms with van der Waals surface area (Å²) < 4.78 is 5.71. The maximum Gasteiger partial charge on any atom is 0.161 e. The van der Waals surface area contributed by atoms with E-state index >= 15 is 0 Å². The number of benzene rings is 1. The number of anilines is 2. The van der Waals surface area contributed by atoms with E-state index in [1.165, 1.54) is 43.5 Å². The molecule has 6 heteroatoms. The molecular formula is C22H28N4OS. The zero-order chi connectivity index (χ0) is 19.0. The minimum atomic E-state index is 0.185. The van der Waals surface area contributed by atoms with Crippen molar-refractivity contribution in [1.29, 1.82) is 0 Å². The van der Waals surface area contributed by atoms with Crippen molar-refractivity contribution in [2.45, 2.75) is 42.9 Å². The summed E-state index contributed by atoms with van der Waals surface area (Å²) in [5.41, 5.74) is 3.47. The number of hydrogen-bond acceptors (Lipinski definition) is 6.